The third kappa shape index (κ3) is 4.86. The zero-order chi connectivity index (χ0) is 20.1. The molecule has 5 nitrogen and oxygen atoms in total. The Labute approximate surface area is 169 Å². The number of hydrogen-bond acceptors (Lipinski definition) is 4. The van der Waals surface area contributed by atoms with Crippen LogP contribution < -0.4 is 15.5 Å². The first-order valence-corrected chi connectivity index (χ1v) is 10.2. The summed E-state index contributed by atoms with van der Waals surface area (Å²) in [6, 6.07) is 16.2. The summed E-state index contributed by atoms with van der Waals surface area (Å²) in [5.41, 5.74) is 1.17. The van der Waals surface area contributed by atoms with E-state index in [-0.39, 0.29) is 17.1 Å². The molecule has 0 aliphatic heterocycles. The van der Waals surface area contributed by atoms with Crippen molar-refractivity contribution in [2.45, 2.75) is 38.7 Å². The van der Waals surface area contributed by atoms with E-state index in [1.807, 2.05) is 30.3 Å². The standard InChI is InChI=1S/C24H25NO4/c26-21-14-23(24(27)25-15-17-7-3-1-4-8-17)29-22-13-19(11-12-20(21)22)28-16-18-9-5-2-6-10-18/h2,5-6,9-14,17H,1,3-4,7-8,15-16H2,(H,25,27). The van der Waals surface area contributed by atoms with Gasteiger partial charge in [0.2, 0.25) is 0 Å². The average molecular weight is 391 g/mol. The van der Waals surface area contributed by atoms with Crippen molar-refractivity contribution in [3.05, 3.63) is 76.1 Å². The Morgan fingerprint density at radius 3 is 2.62 bits per heavy atom. The van der Waals surface area contributed by atoms with Gasteiger partial charge in [0.1, 0.15) is 17.9 Å². The number of carbonyl (C=O) groups is 1. The van der Waals surface area contributed by atoms with E-state index in [1.54, 1.807) is 18.2 Å². The molecule has 1 aromatic heterocycles. The van der Waals surface area contributed by atoms with E-state index in [2.05, 4.69) is 5.32 Å². The van der Waals surface area contributed by atoms with Crippen LogP contribution in [-0.2, 0) is 6.61 Å². The van der Waals surface area contributed by atoms with Gasteiger partial charge in [-0.1, -0.05) is 49.6 Å². The molecule has 0 spiro atoms. The second kappa shape index (κ2) is 8.95. The fraction of sp³-hybridized carbons (Fsp3) is 0.333. The van der Waals surface area contributed by atoms with E-state index in [4.69, 9.17) is 9.15 Å². The molecule has 1 fully saturated rings. The highest BCUT2D eigenvalue weighted by atomic mass is 16.5. The largest absolute Gasteiger partial charge is 0.489 e. The Bertz CT molecular complexity index is 1040. The zero-order valence-electron chi connectivity index (χ0n) is 16.4. The maximum atomic E-state index is 12.5. The molecule has 1 aliphatic rings. The number of hydrogen-bond donors (Lipinski definition) is 1. The lowest BCUT2D eigenvalue weighted by Gasteiger charge is -2.21. The molecule has 0 radical (unpaired) electrons. The van der Waals surface area contributed by atoms with Gasteiger partial charge in [-0.05, 0) is 36.5 Å². The highest BCUT2D eigenvalue weighted by Crippen LogP contribution is 2.23. The van der Waals surface area contributed by atoms with Gasteiger partial charge in [0.05, 0.1) is 5.39 Å². The molecule has 1 amide bonds. The quantitative estimate of drug-likeness (QED) is 0.662. The van der Waals surface area contributed by atoms with Crippen LogP contribution in [-0.4, -0.2) is 12.5 Å². The fourth-order valence-corrected chi connectivity index (χ4v) is 3.79. The SMILES string of the molecule is O=C(NCC1CCCCC1)c1cc(=O)c2ccc(OCc3ccccc3)cc2o1. The van der Waals surface area contributed by atoms with E-state index >= 15 is 0 Å². The van der Waals surface area contributed by atoms with E-state index in [1.165, 1.54) is 25.3 Å². The minimum atomic E-state index is -0.342. The second-order valence-corrected chi connectivity index (χ2v) is 7.62. The normalized spacial score (nSPS) is 14.6. The van der Waals surface area contributed by atoms with Crippen LogP contribution in [0.25, 0.3) is 11.0 Å². The Morgan fingerprint density at radius 1 is 1.03 bits per heavy atom. The molecule has 0 atom stereocenters. The second-order valence-electron chi connectivity index (χ2n) is 7.62. The van der Waals surface area contributed by atoms with Gasteiger partial charge in [0, 0.05) is 18.7 Å². The highest BCUT2D eigenvalue weighted by molar-refractivity contribution is 5.93. The number of benzene rings is 2. The number of carbonyl (C=O) groups excluding carboxylic acids is 1. The molecule has 0 saturated heterocycles. The van der Waals surface area contributed by atoms with Gasteiger partial charge >= 0.3 is 0 Å². The first-order chi connectivity index (χ1) is 14.2. The van der Waals surface area contributed by atoms with Crippen molar-refractivity contribution in [3.63, 3.8) is 0 Å². The summed E-state index contributed by atoms with van der Waals surface area (Å²) >= 11 is 0. The van der Waals surface area contributed by atoms with Crippen LogP contribution in [0.3, 0.4) is 0 Å². The van der Waals surface area contributed by atoms with Crippen molar-refractivity contribution in [2.24, 2.45) is 5.92 Å². The van der Waals surface area contributed by atoms with Gasteiger partial charge in [0.25, 0.3) is 5.91 Å². The molecule has 1 aliphatic carbocycles. The third-order valence-electron chi connectivity index (χ3n) is 5.45. The Morgan fingerprint density at radius 2 is 1.83 bits per heavy atom. The molecular formula is C24H25NO4. The Kier molecular flexibility index (Phi) is 5.94. The van der Waals surface area contributed by atoms with Crippen molar-refractivity contribution in [1.82, 2.24) is 5.32 Å². The first kappa shape index (κ1) is 19.2. The number of nitrogens with one attached hydrogen (secondary N) is 1. The van der Waals surface area contributed by atoms with Crippen LogP contribution in [0, 0.1) is 5.92 Å². The van der Waals surface area contributed by atoms with Crippen LogP contribution in [0.15, 0.2) is 63.8 Å². The van der Waals surface area contributed by atoms with E-state index < -0.39 is 0 Å². The van der Waals surface area contributed by atoms with Crippen LogP contribution in [0.5, 0.6) is 5.75 Å². The van der Waals surface area contributed by atoms with Gasteiger partial charge in [-0.15, -0.1) is 0 Å². The highest BCUT2D eigenvalue weighted by Gasteiger charge is 2.17. The number of fused-ring (bicyclic) bond motifs is 1. The predicted molar refractivity (Wildman–Crippen MR) is 112 cm³/mol. The van der Waals surface area contributed by atoms with Gasteiger partial charge in [-0.3, -0.25) is 9.59 Å². The summed E-state index contributed by atoms with van der Waals surface area (Å²) in [6.07, 6.45) is 6.00. The maximum Gasteiger partial charge on any atom is 0.287 e. The van der Waals surface area contributed by atoms with Gasteiger partial charge in [0.15, 0.2) is 11.2 Å². The molecule has 5 heteroatoms. The maximum absolute atomic E-state index is 12.5. The van der Waals surface area contributed by atoms with Crippen molar-refractivity contribution in [2.75, 3.05) is 6.54 Å². The van der Waals surface area contributed by atoms with Gasteiger partial charge in [-0.2, -0.15) is 0 Å². The summed E-state index contributed by atoms with van der Waals surface area (Å²) in [6.45, 7) is 1.04. The van der Waals surface area contributed by atoms with E-state index in [9.17, 15) is 9.59 Å². The monoisotopic (exact) mass is 391 g/mol. The van der Waals surface area contributed by atoms with Crippen molar-refractivity contribution in [1.29, 1.82) is 0 Å². The van der Waals surface area contributed by atoms with Crippen molar-refractivity contribution in [3.8, 4) is 5.75 Å². The molecule has 2 aromatic carbocycles. The minimum absolute atomic E-state index is 0.0403. The smallest absolute Gasteiger partial charge is 0.287 e. The fourth-order valence-electron chi connectivity index (χ4n) is 3.79. The molecular weight excluding hydrogens is 366 g/mol. The molecule has 0 bridgehead atoms. The summed E-state index contributed by atoms with van der Waals surface area (Å²) < 4.78 is 11.5. The summed E-state index contributed by atoms with van der Waals surface area (Å²) in [7, 11) is 0. The van der Waals surface area contributed by atoms with Crippen molar-refractivity contribution >= 4 is 16.9 Å². The molecule has 1 saturated carbocycles. The lowest BCUT2D eigenvalue weighted by Crippen LogP contribution is -2.30. The lowest BCUT2D eigenvalue weighted by atomic mass is 9.89. The molecule has 150 valence electrons. The van der Waals surface area contributed by atoms with Crippen molar-refractivity contribution < 1.29 is 13.9 Å². The molecule has 29 heavy (non-hydrogen) atoms. The van der Waals surface area contributed by atoms with E-state index in [0.29, 0.717) is 35.8 Å². The Hall–Kier alpha value is -3.08. The Balaban J connectivity index is 1.48. The topological polar surface area (TPSA) is 68.5 Å². The molecule has 1 N–H and O–H groups in total. The van der Waals surface area contributed by atoms with Gasteiger partial charge in [-0.25, -0.2) is 0 Å². The van der Waals surface area contributed by atoms with Gasteiger partial charge < -0.3 is 14.5 Å². The van der Waals surface area contributed by atoms with Crippen LogP contribution >= 0.6 is 0 Å². The average Bonchev–Trinajstić information content (AvgIpc) is 2.77. The number of rotatable bonds is 6. The molecule has 3 aromatic rings. The van der Waals surface area contributed by atoms with Crippen LogP contribution in [0.1, 0.15) is 48.2 Å². The van der Waals surface area contributed by atoms with E-state index in [0.717, 1.165) is 18.4 Å². The number of amides is 1. The summed E-state index contributed by atoms with van der Waals surface area (Å²) in [5, 5.41) is 3.35. The lowest BCUT2D eigenvalue weighted by molar-refractivity contribution is 0.0916. The molecule has 0 unspecified atom stereocenters. The predicted octanol–water partition coefficient (Wildman–Crippen LogP) is 4.68. The summed E-state index contributed by atoms with van der Waals surface area (Å²) in [5.74, 6) is 0.797. The third-order valence-corrected chi connectivity index (χ3v) is 5.45. The summed E-state index contributed by atoms with van der Waals surface area (Å²) in [4.78, 5) is 24.9. The first-order valence-electron chi connectivity index (χ1n) is 10.2. The number of ether oxygens (including phenoxy) is 1. The zero-order valence-corrected chi connectivity index (χ0v) is 16.4. The van der Waals surface area contributed by atoms with Crippen LogP contribution in [0.2, 0.25) is 0 Å². The minimum Gasteiger partial charge on any atom is -0.489 e. The molecule has 1 heterocycles. The molecule has 4 rings (SSSR count). The van der Waals surface area contributed by atoms with Crippen LogP contribution in [0.4, 0.5) is 0 Å².